The Bertz CT molecular complexity index is 505. The molecule has 0 bridgehead atoms. The van der Waals surface area contributed by atoms with Crippen LogP contribution in [0.4, 0.5) is 8.78 Å². The molecule has 0 radical (unpaired) electrons. The highest BCUT2D eigenvalue weighted by atomic mass is 127. The van der Waals surface area contributed by atoms with Crippen molar-refractivity contribution in [2.45, 2.75) is 6.04 Å². The maximum Gasteiger partial charge on any atom is 0.126 e. The smallest absolute Gasteiger partial charge is 0.126 e. The number of hydrogen-bond donors (Lipinski definition) is 1. The highest BCUT2D eigenvalue weighted by Gasteiger charge is 2.11. The van der Waals surface area contributed by atoms with E-state index >= 15 is 0 Å². The molecule has 88 valence electrons. The molecule has 0 aliphatic heterocycles. The van der Waals surface area contributed by atoms with Crippen LogP contribution in [0.15, 0.2) is 42.5 Å². The first kappa shape index (κ1) is 12.4. The van der Waals surface area contributed by atoms with Crippen LogP contribution in [-0.2, 0) is 0 Å². The second-order valence-corrected chi connectivity index (χ2v) is 4.98. The Kier molecular flexibility index (Phi) is 3.73. The molecule has 4 heteroatoms. The highest BCUT2D eigenvalue weighted by molar-refractivity contribution is 14.1. The summed E-state index contributed by atoms with van der Waals surface area (Å²) in [6.45, 7) is 0. The van der Waals surface area contributed by atoms with E-state index in [-0.39, 0.29) is 0 Å². The van der Waals surface area contributed by atoms with E-state index in [0.717, 1.165) is 15.2 Å². The minimum absolute atomic E-state index is 0.434. The van der Waals surface area contributed by atoms with Crippen molar-refractivity contribution in [3.05, 3.63) is 68.8 Å². The summed E-state index contributed by atoms with van der Waals surface area (Å²) in [5.74, 6) is -1.22. The monoisotopic (exact) mass is 345 g/mol. The molecule has 0 saturated carbocycles. The molecule has 0 amide bonds. The van der Waals surface area contributed by atoms with Crippen molar-refractivity contribution < 1.29 is 8.78 Å². The predicted octanol–water partition coefficient (Wildman–Crippen LogP) is 3.62. The van der Waals surface area contributed by atoms with E-state index in [9.17, 15) is 8.78 Å². The summed E-state index contributed by atoms with van der Waals surface area (Å²) < 4.78 is 27.2. The van der Waals surface area contributed by atoms with E-state index in [1.807, 2.05) is 24.3 Å². The lowest BCUT2D eigenvalue weighted by Gasteiger charge is -2.13. The maximum atomic E-state index is 13.1. The second kappa shape index (κ2) is 5.10. The van der Waals surface area contributed by atoms with E-state index in [0.29, 0.717) is 5.56 Å². The molecule has 0 saturated heterocycles. The maximum absolute atomic E-state index is 13.1. The first-order valence-electron chi connectivity index (χ1n) is 5.03. The zero-order chi connectivity index (χ0) is 12.4. The summed E-state index contributed by atoms with van der Waals surface area (Å²) in [5, 5.41) is 0. The van der Waals surface area contributed by atoms with Gasteiger partial charge in [0.25, 0.3) is 0 Å². The van der Waals surface area contributed by atoms with Gasteiger partial charge in [0.15, 0.2) is 0 Å². The molecule has 0 spiro atoms. The molecular formula is C13H10F2IN. The van der Waals surface area contributed by atoms with Gasteiger partial charge in [-0.2, -0.15) is 0 Å². The molecule has 0 aromatic heterocycles. The molecule has 0 fully saturated rings. The first-order valence-corrected chi connectivity index (χ1v) is 6.11. The van der Waals surface area contributed by atoms with Crippen LogP contribution in [-0.4, -0.2) is 0 Å². The Balaban J connectivity index is 2.36. The van der Waals surface area contributed by atoms with Crippen LogP contribution < -0.4 is 5.73 Å². The summed E-state index contributed by atoms with van der Waals surface area (Å²) >= 11 is 2.18. The quantitative estimate of drug-likeness (QED) is 0.827. The van der Waals surface area contributed by atoms with Crippen molar-refractivity contribution in [2.75, 3.05) is 0 Å². The lowest BCUT2D eigenvalue weighted by molar-refractivity contribution is 0.577. The van der Waals surface area contributed by atoms with E-state index in [1.165, 1.54) is 12.1 Å². The third-order valence-corrected chi connectivity index (χ3v) is 3.19. The van der Waals surface area contributed by atoms with Gasteiger partial charge in [-0.15, -0.1) is 0 Å². The largest absolute Gasteiger partial charge is 0.320 e. The van der Waals surface area contributed by atoms with E-state index in [2.05, 4.69) is 22.6 Å². The molecule has 1 nitrogen and oxygen atoms in total. The number of nitrogens with two attached hydrogens (primary N) is 1. The van der Waals surface area contributed by atoms with Crippen molar-refractivity contribution in [3.8, 4) is 0 Å². The van der Waals surface area contributed by atoms with Crippen molar-refractivity contribution in [2.24, 2.45) is 5.73 Å². The molecule has 2 N–H and O–H groups in total. The Morgan fingerprint density at radius 2 is 1.41 bits per heavy atom. The van der Waals surface area contributed by atoms with Crippen molar-refractivity contribution in [3.63, 3.8) is 0 Å². The first-order chi connectivity index (χ1) is 8.06. The Labute approximate surface area is 112 Å². The molecule has 0 aliphatic carbocycles. The van der Waals surface area contributed by atoms with Gasteiger partial charge in [0.2, 0.25) is 0 Å². The lowest BCUT2D eigenvalue weighted by Crippen LogP contribution is -2.12. The Morgan fingerprint density at radius 3 is 1.94 bits per heavy atom. The minimum Gasteiger partial charge on any atom is -0.320 e. The van der Waals surface area contributed by atoms with Gasteiger partial charge in [0.1, 0.15) is 11.6 Å². The van der Waals surface area contributed by atoms with Crippen LogP contribution in [0.3, 0.4) is 0 Å². The SMILES string of the molecule is NC(c1ccc(I)cc1)c1cc(F)cc(F)c1. The van der Waals surface area contributed by atoms with Gasteiger partial charge in [-0.3, -0.25) is 0 Å². The summed E-state index contributed by atoms with van der Waals surface area (Å²) in [4.78, 5) is 0. The van der Waals surface area contributed by atoms with Gasteiger partial charge in [-0.05, 0) is 58.0 Å². The van der Waals surface area contributed by atoms with E-state index in [1.54, 1.807) is 0 Å². The second-order valence-electron chi connectivity index (χ2n) is 3.73. The summed E-state index contributed by atoms with van der Waals surface area (Å²) in [7, 11) is 0. The molecule has 2 aromatic rings. The summed E-state index contributed by atoms with van der Waals surface area (Å²) in [6.07, 6.45) is 0. The van der Waals surface area contributed by atoms with Crippen LogP contribution in [0.5, 0.6) is 0 Å². The minimum atomic E-state index is -0.610. The number of benzene rings is 2. The van der Waals surface area contributed by atoms with Gasteiger partial charge in [-0.25, -0.2) is 8.78 Å². The zero-order valence-electron chi connectivity index (χ0n) is 8.83. The lowest BCUT2D eigenvalue weighted by atomic mass is 9.99. The third kappa shape index (κ3) is 3.01. The fraction of sp³-hybridized carbons (Fsp3) is 0.0769. The summed E-state index contributed by atoms with van der Waals surface area (Å²) in [5.41, 5.74) is 7.23. The highest BCUT2D eigenvalue weighted by Crippen LogP contribution is 2.22. The van der Waals surface area contributed by atoms with Crippen LogP contribution >= 0.6 is 22.6 Å². The molecule has 17 heavy (non-hydrogen) atoms. The van der Waals surface area contributed by atoms with Gasteiger partial charge in [0, 0.05) is 9.64 Å². The summed E-state index contributed by atoms with van der Waals surface area (Å²) in [6, 6.07) is 10.4. The standard InChI is InChI=1S/C13H10F2IN/c14-10-5-9(6-11(15)7-10)13(17)8-1-3-12(16)4-2-8/h1-7,13H,17H2. The Hall–Kier alpha value is -1.01. The molecule has 0 heterocycles. The van der Waals surface area contributed by atoms with Gasteiger partial charge >= 0.3 is 0 Å². The molecule has 0 aliphatic rings. The third-order valence-electron chi connectivity index (χ3n) is 2.47. The predicted molar refractivity (Wildman–Crippen MR) is 71.5 cm³/mol. The van der Waals surface area contributed by atoms with Gasteiger partial charge in [0.05, 0.1) is 6.04 Å². The molecule has 1 unspecified atom stereocenters. The molecule has 2 aromatic carbocycles. The average molecular weight is 345 g/mol. The normalized spacial score (nSPS) is 12.5. The van der Waals surface area contributed by atoms with E-state index < -0.39 is 17.7 Å². The van der Waals surface area contributed by atoms with Crippen molar-refractivity contribution in [1.82, 2.24) is 0 Å². The molecule has 2 rings (SSSR count). The van der Waals surface area contributed by atoms with Crippen LogP contribution in [0, 0.1) is 15.2 Å². The molecular weight excluding hydrogens is 335 g/mol. The van der Waals surface area contributed by atoms with Crippen molar-refractivity contribution >= 4 is 22.6 Å². The van der Waals surface area contributed by atoms with Gasteiger partial charge < -0.3 is 5.73 Å². The topological polar surface area (TPSA) is 26.0 Å². The number of hydrogen-bond acceptors (Lipinski definition) is 1. The van der Waals surface area contributed by atoms with Crippen molar-refractivity contribution in [1.29, 1.82) is 0 Å². The average Bonchev–Trinajstić information content (AvgIpc) is 2.28. The fourth-order valence-corrected chi connectivity index (χ4v) is 1.98. The number of rotatable bonds is 2. The number of halogens is 3. The van der Waals surface area contributed by atoms with Crippen LogP contribution in [0.2, 0.25) is 0 Å². The van der Waals surface area contributed by atoms with Gasteiger partial charge in [-0.1, -0.05) is 12.1 Å². The Morgan fingerprint density at radius 1 is 0.882 bits per heavy atom. The molecule has 1 atom stereocenters. The van der Waals surface area contributed by atoms with E-state index in [4.69, 9.17) is 5.73 Å². The van der Waals surface area contributed by atoms with Crippen LogP contribution in [0.25, 0.3) is 0 Å². The van der Waals surface area contributed by atoms with Crippen LogP contribution in [0.1, 0.15) is 17.2 Å². The zero-order valence-corrected chi connectivity index (χ0v) is 11.0. The fourth-order valence-electron chi connectivity index (χ4n) is 1.62.